The molecule has 0 aliphatic heterocycles. The van der Waals surface area contributed by atoms with Crippen LogP contribution >= 0.6 is 11.3 Å². The van der Waals surface area contributed by atoms with Crippen LogP contribution in [0.4, 0.5) is 0 Å². The number of fused-ring (bicyclic) bond motifs is 1. The SMILES string of the molecule is Cc1cccc(Cn2ncc3cc(S(=O)(=O)c4csc([C@H](C)O)n4)ccc3c2=O)n1. The number of aliphatic hydroxyl groups is 1. The van der Waals surface area contributed by atoms with E-state index in [1.807, 2.05) is 25.1 Å². The molecule has 4 rings (SSSR count). The lowest BCUT2D eigenvalue weighted by molar-refractivity contribution is 0.198. The predicted octanol–water partition coefficient (Wildman–Crippen LogP) is 2.49. The molecular weight excluding hydrogens is 424 g/mol. The van der Waals surface area contributed by atoms with Crippen LogP contribution in [-0.4, -0.2) is 33.3 Å². The Hall–Kier alpha value is -2.95. The van der Waals surface area contributed by atoms with Crippen molar-refractivity contribution in [3.63, 3.8) is 0 Å². The molecule has 0 fully saturated rings. The van der Waals surface area contributed by atoms with Gasteiger partial charge in [-0.15, -0.1) is 11.3 Å². The Bertz CT molecular complexity index is 1410. The molecule has 1 atom stereocenters. The largest absolute Gasteiger partial charge is 0.386 e. The lowest BCUT2D eigenvalue weighted by atomic mass is 10.2. The molecule has 0 unspecified atom stereocenters. The minimum Gasteiger partial charge on any atom is -0.386 e. The summed E-state index contributed by atoms with van der Waals surface area (Å²) in [5.74, 6) is 0. The summed E-state index contributed by atoms with van der Waals surface area (Å²) in [6.07, 6.45) is 0.620. The highest BCUT2D eigenvalue weighted by Gasteiger charge is 2.23. The van der Waals surface area contributed by atoms with E-state index in [1.54, 1.807) is 0 Å². The highest BCUT2D eigenvalue weighted by molar-refractivity contribution is 7.91. The summed E-state index contributed by atoms with van der Waals surface area (Å²) < 4.78 is 27.1. The Kier molecular flexibility index (Phi) is 5.22. The second-order valence-corrected chi connectivity index (χ2v) is 9.62. The Morgan fingerprint density at radius 3 is 2.70 bits per heavy atom. The van der Waals surface area contributed by atoms with E-state index >= 15 is 0 Å². The maximum atomic E-state index is 12.9. The fourth-order valence-corrected chi connectivity index (χ4v) is 5.32. The number of sulfone groups is 1. The molecule has 0 aliphatic carbocycles. The number of pyridine rings is 1. The van der Waals surface area contributed by atoms with Crippen LogP contribution in [0.1, 0.15) is 29.4 Å². The van der Waals surface area contributed by atoms with Gasteiger partial charge in [0.1, 0.15) is 11.1 Å². The normalized spacial score (nSPS) is 12.9. The fourth-order valence-electron chi connectivity index (χ4n) is 2.99. The van der Waals surface area contributed by atoms with Crippen LogP contribution in [0.3, 0.4) is 0 Å². The number of thiazole rings is 1. The highest BCUT2D eigenvalue weighted by atomic mass is 32.2. The van der Waals surface area contributed by atoms with Gasteiger partial charge in [0.25, 0.3) is 5.56 Å². The van der Waals surface area contributed by atoms with Gasteiger partial charge in [0.2, 0.25) is 9.84 Å². The molecule has 10 heteroatoms. The Morgan fingerprint density at radius 2 is 2.00 bits per heavy atom. The lowest BCUT2D eigenvalue weighted by Gasteiger charge is -2.08. The molecule has 30 heavy (non-hydrogen) atoms. The van der Waals surface area contributed by atoms with Gasteiger partial charge >= 0.3 is 0 Å². The van der Waals surface area contributed by atoms with Crippen molar-refractivity contribution in [2.24, 2.45) is 0 Å². The topological polar surface area (TPSA) is 115 Å². The molecule has 3 heterocycles. The van der Waals surface area contributed by atoms with Crippen LogP contribution < -0.4 is 5.56 Å². The molecule has 0 amide bonds. The van der Waals surface area contributed by atoms with Gasteiger partial charge in [-0.1, -0.05) is 6.07 Å². The first-order chi connectivity index (χ1) is 14.3. The third kappa shape index (κ3) is 3.76. The molecule has 0 radical (unpaired) electrons. The highest BCUT2D eigenvalue weighted by Crippen LogP contribution is 2.27. The number of rotatable bonds is 5. The molecule has 0 saturated carbocycles. The Labute approximate surface area is 176 Å². The molecule has 3 aromatic heterocycles. The average Bonchev–Trinajstić information content (AvgIpc) is 3.21. The summed E-state index contributed by atoms with van der Waals surface area (Å²) in [5, 5.41) is 16.1. The predicted molar refractivity (Wildman–Crippen MR) is 112 cm³/mol. The first-order valence-corrected chi connectivity index (χ1v) is 11.4. The average molecular weight is 443 g/mol. The van der Waals surface area contributed by atoms with Crippen molar-refractivity contribution in [2.75, 3.05) is 0 Å². The van der Waals surface area contributed by atoms with Crippen LogP contribution in [0, 0.1) is 6.92 Å². The van der Waals surface area contributed by atoms with E-state index in [0.29, 0.717) is 21.5 Å². The molecule has 0 saturated heterocycles. The molecule has 1 N–H and O–H groups in total. The van der Waals surface area contributed by atoms with Crippen molar-refractivity contribution in [1.29, 1.82) is 0 Å². The van der Waals surface area contributed by atoms with Crippen LogP contribution in [-0.2, 0) is 16.4 Å². The summed E-state index contributed by atoms with van der Waals surface area (Å²) in [6.45, 7) is 3.61. The zero-order valence-corrected chi connectivity index (χ0v) is 17.8. The summed E-state index contributed by atoms with van der Waals surface area (Å²) >= 11 is 1.08. The lowest BCUT2D eigenvalue weighted by Crippen LogP contribution is -2.23. The number of benzene rings is 1. The molecule has 0 bridgehead atoms. The van der Waals surface area contributed by atoms with Crippen molar-refractivity contribution in [1.82, 2.24) is 19.7 Å². The van der Waals surface area contributed by atoms with Gasteiger partial charge in [0.05, 0.1) is 28.7 Å². The van der Waals surface area contributed by atoms with Crippen LogP contribution in [0.25, 0.3) is 10.8 Å². The van der Waals surface area contributed by atoms with Crippen molar-refractivity contribution in [3.05, 3.63) is 74.7 Å². The monoisotopic (exact) mass is 442 g/mol. The van der Waals surface area contributed by atoms with Crippen LogP contribution in [0.15, 0.2) is 62.7 Å². The van der Waals surface area contributed by atoms with E-state index < -0.39 is 15.9 Å². The molecule has 0 aliphatic rings. The van der Waals surface area contributed by atoms with Gasteiger partial charge in [-0.05, 0) is 44.2 Å². The van der Waals surface area contributed by atoms with E-state index in [-0.39, 0.29) is 22.0 Å². The molecule has 1 aromatic carbocycles. The summed E-state index contributed by atoms with van der Waals surface area (Å²) in [4.78, 5) is 21.2. The van der Waals surface area contributed by atoms with Crippen molar-refractivity contribution < 1.29 is 13.5 Å². The van der Waals surface area contributed by atoms with Gasteiger partial charge in [0, 0.05) is 16.5 Å². The van der Waals surface area contributed by atoms with Gasteiger partial charge in [-0.25, -0.2) is 18.1 Å². The van der Waals surface area contributed by atoms with Crippen molar-refractivity contribution in [3.8, 4) is 0 Å². The second-order valence-electron chi connectivity index (χ2n) is 6.83. The van der Waals surface area contributed by atoms with E-state index in [2.05, 4.69) is 15.1 Å². The van der Waals surface area contributed by atoms with E-state index in [9.17, 15) is 18.3 Å². The number of hydrogen-bond acceptors (Lipinski definition) is 8. The number of aryl methyl sites for hydroxylation is 1. The minimum atomic E-state index is -3.88. The second kappa shape index (κ2) is 7.71. The smallest absolute Gasteiger partial charge is 0.274 e. The molecule has 4 aromatic rings. The maximum absolute atomic E-state index is 12.9. The van der Waals surface area contributed by atoms with Gasteiger partial charge in [-0.3, -0.25) is 9.78 Å². The number of aromatic nitrogens is 4. The zero-order valence-electron chi connectivity index (χ0n) is 16.2. The maximum Gasteiger partial charge on any atom is 0.274 e. The zero-order chi connectivity index (χ0) is 21.5. The van der Waals surface area contributed by atoms with Crippen LogP contribution in [0.2, 0.25) is 0 Å². The third-order valence-corrected chi connectivity index (χ3v) is 7.32. The Balaban J connectivity index is 1.72. The molecule has 8 nitrogen and oxygen atoms in total. The number of nitrogens with zero attached hydrogens (tertiary/aromatic N) is 4. The number of hydrogen-bond donors (Lipinski definition) is 1. The summed E-state index contributed by atoms with van der Waals surface area (Å²) in [7, 11) is -3.88. The molecular formula is C20H18N4O4S2. The third-order valence-electron chi connectivity index (χ3n) is 4.53. The van der Waals surface area contributed by atoms with Crippen LogP contribution in [0.5, 0.6) is 0 Å². The van der Waals surface area contributed by atoms with Crippen molar-refractivity contribution in [2.45, 2.75) is 36.4 Å². The summed E-state index contributed by atoms with van der Waals surface area (Å²) in [6, 6.07) is 9.83. The van der Waals surface area contributed by atoms with Gasteiger partial charge < -0.3 is 5.11 Å². The Morgan fingerprint density at radius 1 is 1.20 bits per heavy atom. The summed E-state index contributed by atoms with van der Waals surface area (Å²) in [5.41, 5.74) is 1.22. The standard InChI is InChI=1S/C20H18N4O4S2/c1-12-4-3-5-15(22-12)10-24-20(26)17-7-6-16(8-14(17)9-21-24)30(27,28)18-11-29-19(23-18)13(2)25/h3-9,11,13,25H,10H2,1-2H3/t13-/m0/s1. The molecule has 154 valence electrons. The fraction of sp³-hybridized carbons (Fsp3) is 0.200. The van der Waals surface area contributed by atoms with Crippen molar-refractivity contribution >= 4 is 31.9 Å². The van der Waals surface area contributed by atoms with E-state index in [1.165, 1.54) is 41.4 Å². The molecule has 0 spiro atoms. The van der Waals surface area contributed by atoms with Gasteiger partial charge in [-0.2, -0.15) is 5.10 Å². The minimum absolute atomic E-state index is 0.0109. The van der Waals surface area contributed by atoms with Gasteiger partial charge in [0.15, 0.2) is 5.03 Å². The quantitative estimate of drug-likeness (QED) is 0.505. The van der Waals surface area contributed by atoms with E-state index in [0.717, 1.165) is 17.0 Å². The van der Waals surface area contributed by atoms with E-state index in [4.69, 9.17) is 0 Å². The first kappa shape index (κ1) is 20.3. The number of aliphatic hydroxyl groups excluding tert-OH is 1. The first-order valence-electron chi connectivity index (χ1n) is 9.07.